The number of carbonyl (C=O) groups excluding carboxylic acids is 1. The molecule has 4 rings (SSSR count). The Balaban J connectivity index is 1.23. The highest BCUT2D eigenvalue weighted by molar-refractivity contribution is 7.22. The molecule has 0 bridgehead atoms. The molecule has 1 aliphatic heterocycles. The van der Waals surface area contributed by atoms with Gasteiger partial charge in [-0.2, -0.15) is 0 Å². The number of rotatable bonds is 6. The maximum absolute atomic E-state index is 12.0. The fraction of sp³-hybridized carbons (Fsp3) is 0.333. The van der Waals surface area contributed by atoms with E-state index in [2.05, 4.69) is 41.1 Å². The van der Waals surface area contributed by atoms with Crippen LogP contribution < -0.4 is 10.2 Å². The minimum absolute atomic E-state index is 0.0439. The minimum atomic E-state index is -0.0439. The summed E-state index contributed by atoms with van der Waals surface area (Å²) in [5.41, 5.74) is 4.72. The van der Waals surface area contributed by atoms with Gasteiger partial charge in [0.2, 0.25) is 5.91 Å². The molecule has 6 heteroatoms. The SMILES string of the molecule is Cc1cc(C)c2sc(N3CCN(CCNC(=O)/C=C/c4ccccc4)CC3)nc2c1. The largest absolute Gasteiger partial charge is 0.351 e. The monoisotopic (exact) mass is 420 g/mol. The van der Waals surface area contributed by atoms with Gasteiger partial charge in [-0.25, -0.2) is 4.98 Å². The van der Waals surface area contributed by atoms with E-state index in [4.69, 9.17) is 4.98 Å². The fourth-order valence-corrected chi connectivity index (χ4v) is 4.86. The van der Waals surface area contributed by atoms with E-state index in [1.807, 2.05) is 36.4 Å². The highest BCUT2D eigenvalue weighted by Crippen LogP contribution is 2.32. The molecule has 2 heterocycles. The van der Waals surface area contributed by atoms with Crippen LogP contribution in [0.25, 0.3) is 16.3 Å². The van der Waals surface area contributed by atoms with Gasteiger partial charge in [0.25, 0.3) is 0 Å². The third kappa shape index (κ3) is 5.07. The van der Waals surface area contributed by atoms with Crippen LogP contribution in [0.5, 0.6) is 0 Å². The Morgan fingerprint density at radius 2 is 1.90 bits per heavy atom. The standard InChI is InChI=1S/C24H28N4OS/c1-18-16-19(2)23-21(17-18)26-24(30-23)28-14-12-27(13-15-28)11-10-25-22(29)9-8-20-6-4-3-5-7-20/h3-9,16-17H,10-15H2,1-2H3,(H,25,29)/b9-8+. The lowest BCUT2D eigenvalue weighted by atomic mass is 10.1. The van der Waals surface area contributed by atoms with Crippen LogP contribution >= 0.6 is 11.3 Å². The molecule has 0 saturated carbocycles. The Hall–Kier alpha value is -2.70. The van der Waals surface area contributed by atoms with Gasteiger partial charge >= 0.3 is 0 Å². The molecule has 1 aliphatic rings. The molecule has 5 nitrogen and oxygen atoms in total. The Morgan fingerprint density at radius 3 is 2.67 bits per heavy atom. The van der Waals surface area contributed by atoms with Gasteiger partial charge in [-0.15, -0.1) is 0 Å². The Labute approximate surface area is 182 Å². The van der Waals surface area contributed by atoms with E-state index in [1.165, 1.54) is 15.8 Å². The van der Waals surface area contributed by atoms with Crippen LogP contribution in [0.15, 0.2) is 48.5 Å². The zero-order valence-electron chi connectivity index (χ0n) is 17.6. The quantitative estimate of drug-likeness (QED) is 0.615. The minimum Gasteiger partial charge on any atom is -0.351 e. The fourth-order valence-electron chi connectivity index (χ4n) is 3.80. The van der Waals surface area contributed by atoms with E-state index >= 15 is 0 Å². The summed E-state index contributed by atoms with van der Waals surface area (Å²) in [4.78, 5) is 21.7. The lowest BCUT2D eigenvalue weighted by Crippen LogP contribution is -2.48. The predicted molar refractivity (Wildman–Crippen MR) is 126 cm³/mol. The lowest BCUT2D eigenvalue weighted by molar-refractivity contribution is -0.116. The molecule has 1 amide bonds. The second-order valence-corrected chi connectivity index (χ2v) is 8.77. The van der Waals surface area contributed by atoms with Gasteiger partial charge in [0.1, 0.15) is 0 Å². The number of amides is 1. The van der Waals surface area contributed by atoms with Gasteiger partial charge in [0.15, 0.2) is 5.13 Å². The van der Waals surface area contributed by atoms with Crippen molar-refractivity contribution in [1.82, 2.24) is 15.2 Å². The molecule has 30 heavy (non-hydrogen) atoms. The smallest absolute Gasteiger partial charge is 0.244 e. The van der Waals surface area contributed by atoms with Crippen LogP contribution in [-0.2, 0) is 4.79 Å². The lowest BCUT2D eigenvalue weighted by Gasteiger charge is -2.34. The maximum atomic E-state index is 12.0. The second kappa shape index (κ2) is 9.41. The van der Waals surface area contributed by atoms with Crippen LogP contribution in [0.2, 0.25) is 0 Å². The number of thiazole rings is 1. The molecule has 1 N–H and O–H groups in total. The zero-order valence-corrected chi connectivity index (χ0v) is 18.4. The summed E-state index contributed by atoms with van der Waals surface area (Å²) in [6.07, 6.45) is 3.44. The number of benzene rings is 2. The molecule has 0 unspecified atom stereocenters. The molecular formula is C24H28N4OS. The highest BCUT2D eigenvalue weighted by Gasteiger charge is 2.20. The van der Waals surface area contributed by atoms with Crippen LogP contribution in [0, 0.1) is 13.8 Å². The van der Waals surface area contributed by atoms with Gasteiger partial charge in [0.05, 0.1) is 10.2 Å². The summed E-state index contributed by atoms with van der Waals surface area (Å²) >= 11 is 1.80. The summed E-state index contributed by atoms with van der Waals surface area (Å²) in [5, 5.41) is 4.10. The Kier molecular flexibility index (Phi) is 6.45. The van der Waals surface area contributed by atoms with E-state index < -0.39 is 0 Å². The van der Waals surface area contributed by atoms with E-state index in [-0.39, 0.29) is 5.91 Å². The number of fused-ring (bicyclic) bond motifs is 1. The van der Waals surface area contributed by atoms with Crippen LogP contribution in [0.3, 0.4) is 0 Å². The van der Waals surface area contributed by atoms with Crippen molar-refractivity contribution in [3.63, 3.8) is 0 Å². The van der Waals surface area contributed by atoms with Crippen molar-refractivity contribution in [2.45, 2.75) is 13.8 Å². The van der Waals surface area contributed by atoms with E-state index in [0.717, 1.165) is 48.9 Å². The van der Waals surface area contributed by atoms with E-state index in [0.29, 0.717) is 6.54 Å². The van der Waals surface area contributed by atoms with Gasteiger partial charge in [0, 0.05) is 45.3 Å². The first-order chi connectivity index (χ1) is 14.6. The molecular weight excluding hydrogens is 392 g/mol. The molecule has 0 aliphatic carbocycles. The topological polar surface area (TPSA) is 48.5 Å². The number of hydrogen-bond donors (Lipinski definition) is 1. The molecule has 156 valence electrons. The van der Waals surface area contributed by atoms with Crippen molar-refractivity contribution in [2.24, 2.45) is 0 Å². The summed E-state index contributed by atoms with van der Waals surface area (Å²) in [7, 11) is 0. The molecule has 2 aromatic carbocycles. The van der Waals surface area contributed by atoms with E-state index in [1.54, 1.807) is 17.4 Å². The number of nitrogens with one attached hydrogen (secondary N) is 1. The van der Waals surface area contributed by atoms with Crippen molar-refractivity contribution in [3.05, 3.63) is 65.2 Å². The molecule has 1 aromatic heterocycles. The number of anilines is 1. The average Bonchev–Trinajstić information content (AvgIpc) is 3.18. The zero-order chi connectivity index (χ0) is 20.9. The molecule has 1 fully saturated rings. The van der Waals surface area contributed by atoms with Gasteiger partial charge in [-0.3, -0.25) is 9.69 Å². The third-order valence-corrected chi connectivity index (χ3v) is 6.67. The Morgan fingerprint density at radius 1 is 1.13 bits per heavy atom. The number of aryl methyl sites for hydroxylation is 2. The third-order valence-electron chi connectivity index (χ3n) is 5.41. The van der Waals surface area contributed by atoms with Gasteiger partial charge in [-0.1, -0.05) is 47.7 Å². The molecule has 0 spiro atoms. The van der Waals surface area contributed by atoms with E-state index in [9.17, 15) is 4.79 Å². The van der Waals surface area contributed by atoms with Crippen molar-refractivity contribution in [2.75, 3.05) is 44.2 Å². The number of aromatic nitrogens is 1. The van der Waals surface area contributed by atoms with Crippen LogP contribution in [0.4, 0.5) is 5.13 Å². The van der Waals surface area contributed by atoms with Crippen LogP contribution in [-0.4, -0.2) is 55.1 Å². The van der Waals surface area contributed by atoms with Gasteiger partial charge < -0.3 is 10.2 Å². The molecule has 3 aromatic rings. The van der Waals surface area contributed by atoms with Crippen LogP contribution in [0.1, 0.15) is 16.7 Å². The van der Waals surface area contributed by atoms with Crippen molar-refractivity contribution < 1.29 is 4.79 Å². The van der Waals surface area contributed by atoms with Crippen molar-refractivity contribution in [3.8, 4) is 0 Å². The summed E-state index contributed by atoms with van der Waals surface area (Å²) in [6.45, 7) is 9.75. The highest BCUT2D eigenvalue weighted by atomic mass is 32.1. The first-order valence-corrected chi connectivity index (χ1v) is 11.3. The number of piperazine rings is 1. The average molecular weight is 421 g/mol. The number of hydrogen-bond acceptors (Lipinski definition) is 5. The molecule has 0 atom stereocenters. The predicted octanol–water partition coefficient (Wildman–Crippen LogP) is 3.86. The summed E-state index contributed by atoms with van der Waals surface area (Å²) in [5.74, 6) is -0.0439. The number of nitrogens with zero attached hydrogens (tertiary/aromatic N) is 3. The first kappa shape index (κ1) is 20.6. The second-order valence-electron chi connectivity index (χ2n) is 7.79. The maximum Gasteiger partial charge on any atom is 0.244 e. The number of carbonyl (C=O) groups is 1. The van der Waals surface area contributed by atoms with Crippen molar-refractivity contribution >= 4 is 38.7 Å². The molecule has 0 radical (unpaired) electrons. The molecule has 1 saturated heterocycles. The normalized spacial score (nSPS) is 15.2. The summed E-state index contributed by atoms with van der Waals surface area (Å²) < 4.78 is 1.30. The summed E-state index contributed by atoms with van der Waals surface area (Å²) in [6, 6.07) is 14.3. The first-order valence-electron chi connectivity index (χ1n) is 10.4. The van der Waals surface area contributed by atoms with Gasteiger partial charge in [-0.05, 0) is 42.7 Å². The Bertz CT molecular complexity index is 1040. The van der Waals surface area contributed by atoms with Crippen molar-refractivity contribution in [1.29, 1.82) is 0 Å².